The van der Waals surface area contributed by atoms with Gasteiger partial charge in [0.05, 0.1) is 16.4 Å². The summed E-state index contributed by atoms with van der Waals surface area (Å²) in [5, 5.41) is 14.5. The van der Waals surface area contributed by atoms with Crippen molar-refractivity contribution in [2.75, 3.05) is 18.0 Å². The fraction of sp³-hybridized carbons (Fsp3) is 0.391. The molecule has 0 saturated carbocycles. The topological polar surface area (TPSA) is 94.7 Å². The summed E-state index contributed by atoms with van der Waals surface area (Å²) in [4.78, 5) is 16.3. The second-order valence-corrected chi connectivity index (χ2v) is 9.01. The minimum Gasteiger partial charge on any atom is -0.487 e. The van der Waals surface area contributed by atoms with Crippen LogP contribution in [0.4, 0.5) is 5.95 Å². The molecule has 10 heteroatoms. The molecule has 0 N–H and O–H groups in total. The number of hydrogen-bond donors (Lipinski definition) is 0. The van der Waals surface area contributed by atoms with Crippen molar-refractivity contribution in [2.24, 2.45) is 0 Å². The zero-order valence-electron chi connectivity index (χ0n) is 18.5. The Morgan fingerprint density at radius 2 is 1.88 bits per heavy atom. The van der Waals surface area contributed by atoms with E-state index in [2.05, 4.69) is 42.7 Å². The first-order chi connectivity index (χ1) is 16.3. The van der Waals surface area contributed by atoms with Crippen LogP contribution in [-0.2, 0) is 13.0 Å². The molecule has 1 fully saturated rings. The smallest absolute Gasteiger partial charge is 0.225 e. The summed E-state index contributed by atoms with van der Waals surface area (Å²) >= 11 is 1.73. The molecular weight excluding hydrogens is 436 g/mol. The van der Waals surface area contributed by atoms with Gasteiger partial charge in [0.25, 0.3) is 0 Å². The predicted molar refractivity (Wildman–Crippen MR) is 126 cm³/mol. The van der Waals surface area contributed by atoms with Crippen LogP contribution in [0.2, 0.25) is 0 Å². The lowest BCUT2D eigenvalue weighted by atomic mass is 9.98. The van der Waals surface area contributed by atoms with Gasteiger partial charge in [-0.1, -0.05) is 13.3 Å². The SMILES string of the molecule is CCCc1cnc(N2CCC(c3nc(COc4ccc(-n5cnnn5)cc4)cs3)CC2)nc1. The van der Waals surface area contributed by atoms with E-state index in [1.807, 2.05) is 36.7 Å². The van der Waals surface area contributed by atoms with Gasteiger partial charge >= 0.3 is 0 Å². The van der Waals surface area contributed by atoms with Gasteiger partial charge in [0.2, 0.25) is 5.95 Å². The molecule has 5 rings (SSSR count). The third kappa shape index (κ3) is 5.16. The van der Waals surface area contributed by atoms with Gasteiger partial charge < -0.3 is 9.64 Å². The third-order valence-corrected chi connectivity index (χ3v) is 6.82. The molecule has 9 nitrogen and oxygen atoms in total. The van der Waals surface area contributed by atoms with Crippen LogP contribution < -0.4 is 9.64 Å². The number of tetrazole rings is 1. The van der Waals surface area contributed by atoms with Crippen LogP contribution in [0.15, 0.2) is 48.4 Å². The molecular formula is C23H26N8OS. The molecule has 1 aliphatic rings. The van der Waals surface area contributed by atoms with E-state index in [-0.39, 0.29) is 0 Å². The highest BCUT2D eigenvalue weighted by Crippen LogP contribution is 2.31. The molecule has 0 bridgehead atoms. The van der Waals surface area contributed by atoms with E-state index in [1.165, 1.54) is 10.6 Å². The first-order valence-electron chi connectivity index (χ1n) is 11.2. The Bertz CT molecular complexity index is 1140. The number of aromatic nitrogens is 7. The Hall–Kier alpha value is -3.40. The number of anilines is 1. The van der Waals surface area contributed by atoms with Gasteiger partial charge in [0.15, 0.2) is 0 Å². The maximum atomic E-state index is 5.93. The van der Waals surface area contributed by atoms with Crippen LogP contribution in [0.1, 0.15) is 48.4 Å². The summed E-state index contributed by atoms with van der Waals surface area (Å²) in [7, 11) is 0. The predicted octanol–water partition coefficient (Wildman–Crippen LogP) is 3.82. The highest BCUT2D eigenvalue weighted by atomic mass is 32.1. The molecule has 1 aromatic carbocycles. The highest BCUT2D eigenvalue weighted by molar-refractivity contribution is 7.09. The van der Waals surface area contributed by atoms with Crippen LogP contribution >= 0.6 is 11.3 Å². The number of rotatable bonds is 8. The molecule has 0 amide bonds. The van der Waals surface area contributed by atoms with Crippen molar-refractivity contribution >= 4 is 17.3 Å². The van der Waals surface area contributed by atoms with Crippen LogP contribution in [0, 0.1) is 0 Å². The van der Waals surface area contributed by atoms with E-state index >= 15 is 0 Å². The Balaban J connectivity index is 1.12. The molecule has 0 unspecified atom stereocenters. The maximum absolute atomic E-state index is 5.93. The first kappa shape index (κ1) is 21.4. The fourth-order valence-corrected chi connectivity index (χ4v) is 4.94. The molecule has 4 heterocycles. The zero-order valence-corrected chi connectivity index (χ0v) is 19.4. The molecule has 1 saturated heterocycles. The van der Waals surface area contributed by atoms with E-state index in [0.717, 1.165) is 61.9 Å². The zero-order chi connectivity index (χ0) is 22.5. The summed E-state index contributed by atoms with van der Waals surface area (Å²) in [6.07, 6.45) is 9.76. The number of hydrogen-bond acceptors (Lipinski definition) is 9. The second kappa shape index (κ2) is 10.0. The number of aryl methyl sites for hydroxylation is 1. The number of thiazole rings is 1. The van der Waals surface area contributed by atoms with Crippen molar-refractivity contribution in [3.63, 3.8) is 0 Å². The number of nitrogens with zero attached hydrogens (tertiary/aromatic N) is 8. The van der Waals surface area contributed by atoms with Gasteiger partial charge in [-0.25, -0.2) is 19.6 Å². The molecule has 1 aliphatic heterocycles. The van der Waals surface area contributed by atoms with E-state index < -0.39 is 0 Å². The molecule has 33 heavy (non-hydrogen) atoms. The monoisotopic (exact) mass is 462 g/mol. The van der Waals surface area contributed by atoms with Gasteiger partial charge in [-0.3, -0.25) is 0 Å². The second-order valence-electron chi connectivity index (χ2n) is 8.12. The quantitative estimate of drug-likeness (QED) is 0.390. The van der Waals surface area contributed by atoms with E-state index in [9.17, 15) is 0 Å². The molecule has 0 spiro atoms. The lowest BCUT2D eigenvalue weighted by Crippen LogP contribution is -2.34. The lowest BCUT2D eigenvalue weighted by molar-refractivity contribution is 0.301. The van der Waals surface area contributed by atoms with Crippen molar-refractivity contribution in [1.82, 2.24) is 35.2 Å². The maximum Gasteiger partial charge on any atom is 0.225 e. The largest absolute Gasteiger partial charge is 0.487 e. The molecule has 0 radical (unpaired) electrons. The van der Waals surface area contributed by atoms with Gasteiger partial charge in [0.1, 0.15) is 18.7 Å². The normalized spacial score (nSPS) is 14.5. The van der Waals surface area contributed by atoms with Crippen molar-refractivity contribution < 1.29 is 4.74 Å². The minimum absolute atomic E-state index is 0.456. The van der Waals surface area contributed by atoms with Crippen molar-refractivity contribution in [3.8, 4) is 11.4 Å². The van der Waals surface area contributed by atoms with Gasteiger partial charge in [-0.2, -0.15) is 0 Å². The Kier molecular flexibility index (Phi) is 6.52. The molecule has 4 aromatic rings. The summed E-state index contributed by atoms with van der Waals surface area (Å²) < 4.78 is 7.53. The van der Waals surface area contributed by atoms with Crippen LogP contribution in [0.5, 0.6) is 5.75 Å². The minimum atomic E-state index is 0.456. The highest BCUT2D eigenvalue weighted by Gasteiger charge is 2.24. The molecule has 0 atom stereocenters. The summed E-state index contributed by atoms with van der Waals surface area (Å²) in [6, 6.07) is 7.67. The van der Waals surface area contributed by atoms with Crippen molar-refractivity contribution in [2.45, 2.75) is 45.1 Å². The Labute approximate surface area is 196 Å². The number of piperidine rings is 1. The average molecular weight is 463 g/mol. The van der Waals surface area contributed by atoms with E-state index in [1.54, 1.807) is 22.3 Å². The number of ether oxygens (including phenoxy) is 1. The molecule has 0 aliphatic carbocycles. The number of benzene rings is 1. The van der Waals surface area contributed by atoms with Gasteiger partial charge in [-0.15, -0.1) is 16.4 Å². The average Bonchev–Trinajstić information content (AvgIpc) is 3.57. The lowest BCUT2D eigenvalue weighted by Gasteiger charge is -2.31. The standard InChI is InChI=1S/C23H26N8OS/c1-2-3-17-12-24-23(25-13-17)30-10-8-18(9-11-30)22-27-19(15-33-22)14-32-21-6-4-20(5-7-21)31-16-26-28-29-31/h4-7,12-13,15-16,18H,2-3,8-11,14H2,1H3. The Morgan fingerprint density at radius 3 is 2.58 bits per heavy atom. The van der Waals surface area contributed by atoms with Crippen LogP contribution in [-0.4, -0.2) is 48.2 Å². The van der Waals surface area contributed by atoms with Gasteiger partial charge in [-0.05, 0) is 59.5 Å². The third-order valence-electron chi connectivity index (χ3n) is 5.76. The van der Waals surface area contributed by atoms with Crippen molar-refractivity contribution in [1.29, 1.82) is 0 Å². The summed E-state index contributed by atoms with van der Waals surface area (Å²) in [5.41, 5.74) is 3.06. The van der Waals surface area contributed by atoms with E-state index in [4.69, 9.17) is 9.72 Å². The molecule has 170 valence electrons. The van der Waals surface area contributed by atoms with E-state index in [0.29, 0.717) is 12.5 Å². The summed E-state index contributed by atoms with van der Waals surface area (Å²) in [5.74, 6) is 2.11. The van der Waals surface area contributed by atoms with Gasteiger partial charge in [0, 0.05) is 36.8 Å². The summed E-state index contributed by atoms with van der Waals surface area (Å²) in [6.45, 7) is 4.54. The Morgan fingerprint density at radius 1 is 1.09 bits per heavy atom. The van der Waals surface area contributed by atoms with Crippen LogP contribution in [0.3, 0.4) is 0 Å². The molecule has 3 aromatic heterocycles. The fourth-order valence-electron chi connectivity index (χ4n) is 3.96. The van der Waals surface area contributed by atoms with Crippen molar-refractivity contribution in [3.05, 3.63) is 64.6 Å². The van der Waals surface area contributed by atoms with Crippen LogP contribution in [0.25, 0.3) is 5.69 Å². The first-order valence-corrected chi connectivity index (χ1v) is 12.1.